The summed E-state index contributed by atoms with van der Waals surface area (Å²) in [5.41, 5.74) is 3.47. The summed E-state index contributed by atoms with van der Waals surface area (Å²) in [5, 5.41) is 1.07. The Labute approximate surface area is 119 Å². The number of aryl methyl sites for hydroxylation is 1. The molecule has 1 atom stereocenters. The maximum Gasteiger partial charge on any atom is 0.0466 e. The van der Waals surface area contributed by atoms with E-state index < -0.39 is 0 Å². The van der Waals surface area contributed by atoms with Gasteiger partial charge in [-0.25, -0.2) is 0 Å². The van der Waals surface area contributed by atoms with E-state index in [1.54, 1.807) is 11.1 Å². The molecule has 0 radical (unpaired) electrons. The molecule has 1 aliphatic rings. The summed E-state index contributed by atoms with van der Waals surface area (Å²) in [6.07, 6.45) is 6.26. The normalized spacial score (nSPS) is 22.8. The first-order chi connectivity index (χ1) is 8.82. The van der Waals surface area contributed by atoms with Gasteiger partial charge in [-0.1, -0.05) is 40.2 Å². The second-order valence-corrected chi connectivity index (χ2v) is 5.79. The van der Waals surface area contributed by atoms with Gasteiger partial charge < -0.3 is 4.74 Å². The van der Waals surface area contributed by atoms with E-state index in [9.17, 15) is 0 Å². The smallest absolute Gasteiger partial charge is 0.0466 e. The third-order valence-corrected chi connectivity index (χ3v) is 5.17. The zero-order valence-electron chi connectivity index (χ0n) is 11.3. The van der Waals surface area contributed by atoms with Gasteiger partial charge in [-0.3, -0.25) is 0 Å². The Morgan fingerprint density at radius 1 is 1.33 bits per heavy atom. The third kappa shape index (κ3) is 2.97. The number of ether oxygens (including phenoxy) is 1. The lowest BCUT2D eigenvalue weighted by atomic mass is 9.69. The molecule has 0 bridgehead atoms. The lowest BCUT2D eigenvalue weighted by Crippen LogP contribution is -2.33. The van der Waals surface area contributed by atoms with Crippen molar-refractivity contribution in [1.82, 2.24) is 0 Å². The van der Waals surface area contributed by atoms with Gasteiger partial charge in [0.1, 0.15) is 0 Å². The highest BCUT2D eigenvalue weighted by Gasteiger charge is 2.34. The second kappa shape index (κ2) is 6.72. The average Bonchev–Trinajstić information content (AvgIpc) is 2.44. The van der Waals surface area contributed by atoms with Gasteiger partial charge in [-0.2, -0.15) is 0 Å². The van der Waals surface area contributed by atoms with Gasteiger partial charge in [-0.05, 0) is 50.2 Å². The third-order valence-electron chi connectivity index (χ3n) is 4.09. The Morgan fingerprint density at radius 2 is 2.17 bits per heavy atom. The Morgan fingerprint density at radius 3 is 2.94 bits per heavy atom. The predicted octanol–water partition coefficient (Wildman–Crippen LogP) is 4.47. The summed E-state index contributed by atoms with van der Waals surface area (Å²) in [7, 11) is 0. The van der Waals surface area contributed by atoms with Crippen LogP contribution < -0.4 is 0 Å². The molecule has 18 heavy (non-hydrogen) atoms. The predicted molar refractivity (Wildman–Crippen MR) is 80.6 cm³/mol. The quantitative estimate of drug-likeness (QED) is 0.556. The van der Waals surface area contributed by atoms with Crippen molar-refractivity contribution in [2.24, 2.45) is 0 Å². The minimum Gasteiger partial charge on any atom is -0.382 e. The van der Waals surface area contributed by atoms with Crippen LogP contribution in [0.15, 0.2) is 24.3 Å². The summed E-state index contributed by atoms with van der Waals surface area (Å²) in [4.78, 5) is 0. The molecule has 1 aromatic carbocycles. The van der Waals surface area contributed by atoms with Crippen LogP contribution in [0.25, 0.3) is 0 Å². The molecule has 0 aliphatic heterocycles. The lowest BCUT2D eigenvalue weighted by Gasteiger charge is -2.38. The van der Waals surface area contributed by atoms with Crippen LogP contribution in [-0.4, -0.2) is 18.5 Å². The molecule has 0 fully saturated rings. The number of benzene rings is 1. The van der Waals surface area contributed by atoms with E-state index in [4.69, 9.17) is 4.74 Å². The highest BCUT2D eigenvalue weighted by atomic mass is 79.9. The SMILES string of the molecule is CCOCCCC1(CBr)CCCc2ccccc21. The van der Waals surface area contributed by atoms with E-state index in [0.717, 1.165) is 25.0 Å². The monoisotopic (exact) mass is 310 g/mol. The van der Waals surface area contributed by atoms with Crippen molar-refractivity contribution in [1.29, 1.82) is 0 Å². The van der Waals surface area contributed by atoms with E-state index in [1.807, 2.05) is 0 Å². The molecule has 0 saturated carbocycles. The van der Waals surface area contributed by atoms with Crippen LogP contribution in [0.4, 0.5) is 0 Å². The van der Waals surface area contributed by atoms with Crippen LogP contribution in [0.3, 0.4) is 0 Å². The molecular weight excluding hydrogens is 288 g/mol. The largest absolute Gasteiger partial charge is 0.382 e. The minimum absolute atomic E-state index is 0.339. The fraction of sp³-hybridized carbons (Fsp3) is 0.625. The average molecular weight is 311 g/mol. The van der Waals surface area contributed by atoms with Gasteiger partial charge >= 0.3 is 0 Å². The van der Waals surface area contributed by atoms with Crippen LogP contribution in [0.1, 0.15) is 43.7 Å². The topological polar surface area (TPSA) is 9.23 Å². The number of rotatable bonds is 6. The number of hydrogen-bond acceptors (Lipinski definition) is 1. The number of fused-ring (bicyclic) bond motifs is 1. The molecular formula is C16H23BrO. The summed E-state index contributed by atoms with van der Waals surface area (Å²) < 4.78 is 5.49. The maximum atomic E-state index is 5.49. The van der Waals surface area contributed by atoms with Gasteiger partial charge in [-0.15, -0.1) is 0 Å². The molecule has 0 saturated heterocycles. The van der Waals surface area contributed by atoms with E-state index in [2.05, 4.69) is 47.1 Å². The molecule has 0 aromatic heterocycles. The van der Waals surface area contributed by atoms with Crippen molar-refractivity contribution in [3.63, 3.8) is 0 Å². The van der Waals surface area contributed by atoms with Crippen LogP contribution in [0.2, 0.25) is 0 Å². The van der Waals surface area contributed by atoms with Crippen molar-refractivity contribution < 1.29 is 4.74 Å². The summed E-state index contributed by atoms with van der Waals surface area (Å²) in [5.74, 6) is 0. The van der Waals surface area contributed by atoms with Crippen molar-refractivity contribution in [2.75, 3.05) is 18.5 Å². The molecule has 1 aliphatic carbocycles. The first-order valence-electron chi connectivity index (χ1n) is 7.04. The van der Waals surface area contributed by atoms with Crippen molar-refractivity contribution >= 4 is 15.9 Å². The molecule has 0 spiro atoms. The summed E-state index contributed by atoms with van der Waals surface area (Å²) in [6.45, 7) is 3.79. The fourth-order valence-electron chi connectivity index (χ4n) is 3.13. The van der Waals surface area contributed by atoms with Crippen LogP contribution in [-0.2, 0) is 16.6 Å². The van der Waals surface area contributed by atoms with Gasteiger partial charge in [0.05, 0.1) is 0 Å². The van der Waals surface area contributed by atoms with E-state index >= 15 is 0 Å². The Hall–Kier alpha value is -0.340. The fourth-order valence-corrected chi connectivity index (χ4v) is 3.99. The molecule has 2 heteroatoms. The van der Waals surface area contributed by atoms with E-state index in [1.165, 1.54) is 25.7 Å². The zero-order valence-corrected chi connectivity index (χ0v) is 12.8. The number of hydrogen-bond donors (Lipinski definition) is 0. The molecule has 0 heterocycles. The summed E-state index contributed by atoms with van der Waals surface area (Å²) >= 11 is 3.77. The Kier molecular flexibility index (Phi) is 5.25. The maximum absolute atomic E-state index is 5.49. The Bertz CT molecular complexity index is 377. The molecule has 1 unspecified atom stereocenters. The number of halogens is 1. The number of alkyl halides is 1. The summed E-state index contributed by atoms with van der Waals surface area (Å²) in [6, 6.07) is 8.98. The lowest BCUT2D eigenvalue weighted by molar-refractivity contribution is 0.136. The Balaban J connectivity index is 2.12. The van der Waals surface area contributed by atoms with E-state index in [-0.39, 0.29) is 0 Å². The first kappa shape index (κ1) is 14.1. The molecule has 0 amide bonds. The van der Waals surface area contributed by atoms with Crippen molar-refractivity contribution in [3.8, 4) is 0 Å². The molecule has 1 nitrogen and oxygen atoms in total. The first-order valence-corrected chi connectivity index (χ1v) is 8.16. The van der Waals surface area contributed by atoms with Gasteiger partial charge in [0.25, 0.3) is 0 Å². The van der Waals surface area contributed by atoms with Crippen LogP contribution >= 0.6 is 15.9 Å². The van der Waals surface area contributed by atoms with Crippen LogP contribution in [0, 0.1) is 0 Å². The van der Waals surface area contributed by atoms with Gasteiger partial charge in [0.15, 0.2) is 0 Å². The molecule has 1 aromatic rings. The van der Waals surface area contributed by atoms with Crippen LogP contribution in [0.5, 0.6) is 0 Å². The van der Waals surface area contributed by atoms with Gasteiger partial charge in [0, 0.05) is 24.0 Å². The minimum atomic E-state index is 0.339. The van der Waals surface area contributed by atoms with Gasteiger partial charge in [0.2, 0.25) is 0 Å². The van der Waals surface area contributed by atoms with E-state index in [0.29, 0.717) is 5.41 Å². The molecule has 0 N–H and O–H groups in total. The molecule has 2 rings (SSSR count). The highest BCUT2D eigenvalue weighted by Crippen LogP contribution is 2.42. The highest BCUT2D eigenvalue weighted by molar-refractivity contribution is 9.09. The standard InChI is InChI=1S/C16H23BrO/c1-2-18-12-6-11-16(13-17)10-5-8-14-7-3-4-9-15(14)16/h3-4,7,9H,2,5-6,8,10-13H2,1H3. The van der Waals surface area contributed by atoms with Crippen molar-refractivity contribution in [2.45, 2.75) is 44.4 Å². The second-order valence-electron chi connectivity index (χ2n) is 5.23. The van der Waals surface area contributed by atoms with Crippen molar-refractivity contribution in [3.05, 3.63) is 35.4 Å². The zero-order chi connectivity index (χ0) is 12.8. The molecule has 100 valence electrons.